The van der Waals surface area contributed by atoms with Crippen LogP contribution in [0, 0.1) is 16.7 Å². The number of hydrogen-bond donors (Lipinski definition) is 3. The minimum atomic E-state index is -0.863. The van der Waals surface area contributed by atoms with E-state index in [1.165, 1.54) is 0 Å². The molecule has 1 aliphatic carbocycles. The first-order chi connectivity index (χ1) is 9.24. The van der Waals surface area contributed by atoms with E-state index < -0.39 is 5.97 Å². The van der Waals surface area contributed by atoms with Crippen LogP contribution >= 0.6 is 0 Å². The van der Waals surface area contributed by atoms with Crippen LogP contribution in [0.1, 0.15) is 46.5 Å². The summed E-state index contributed by atoms with van der Waals surface area (Å²) in [6.07, 6.45) is 3.06. The van der Waals surface area contributed by atoms with Crippen LogP contribution in [-0.2, 0) is 9.59 Å². The van der Waals surface area contributed by atoms with Gasteiger partial charge in [0.25, 0.3) is 0 Å². The zero-order valence-corrected chi connectivity index (χ0v) is 12.7. The number of hydrogen-bond acceptors (Lipinski definition) is 3. The topological polar surface area (TPSA) is 78.4 Å². The van der Waals surface area contributed by atoms with Crippen molar-refractivity contribution in [1.29, 1.82) is 0 Å². The Balaban J connectivity index is 1.94. The Hall–Kier alpha value is -1.10. The molecule has 1 amide bonds. The summed E-state index contributed by atoms with van der Waals surface area (Å²) in [7, 11) is 0. The minimum Gasteiger partial charge on any atom is -0.481 e. The number of amides is 1. The Kier molecular flexibility index (Phi) is 4.09. The molecule has 2 aliphatic rings. The molecule has 0 radical (unpaired) electrons. The third kappa shape index (κ3) is 3.32. The molecule has 1 saturated carbocycles. The average Bonchev–Trinajstić information content (AvgIpc) is 3.01. The van der Waals surface area contributed by atoms with Gasteiger partial charge in [-0.25, -0.2) is 0 Å². The van der Waals surface area contributed by atoms with Gasteiger partial charge in [0, 0.05) is 12.0 Å². The van der Waals surface area contributed by atoms with E-state index in [1.807, 2.05) is 20.8 Å². The van der Waals surface area contributed by atoms with Crippen molar-refractivity contribution in [2.75, 3.05) is 13.1 Å². The van der Waals surface area contributed by atoms with Crippen molar-refractivity contribution in [3.63, 3.8) is 0 Å². The Morgan fingerprint density at radius 3 is 2.45 bits per heavy atom. The Bertz CT molecular complexity index is 394. The Morgan fingerprint density at radius 2 is 1.95 bits per heavy atom. The van der Waals surface area contributed by atoms with E-state index in [0.29, 0.717) is 0 Å². The molecule has 0 aromatic heterocycles. The number of carbonyl (C=O) groups is 2. The van der Waals surface area contributed by atoms with Gasteiger partial charge in [-0.3, -0.25) is 9.59 Å². The summed E-state index contributed by atoms with van der Waals surface area (Å²) in [6.45, 7) is 7.87. The predicted octanol–water partition coefficient (Wildman–Crippen LogP) is 1.38. The fourth-order valence-electron chi connectivity index (χ4n) is 3.22. The summed E-state index contributed by atoms with van der Waals surface area (Å²) >= 11 is 0. The highest BCUT2D eigenvalue weighted by atomic mass is 16.4. The van der Waals surface area contributed by atoms with Crippen molar-refractivity contribution in [3.8, 4) is 0 Å². The standard InChI is InChI=1S/C15H26N2O3/c1-14(2,3)11(8-12(18)19)17-13(20)10-9-15(10)4-6-16-7-5-15/h10-11,16H,4-9H2,1-3H3,(H,17,20)(H,18,19). The van der Waals surface area contributed by atoms with Gasteiger partial charge in [0.1, 0.15) is 0 Å². The van der Waals surface area contributed by atoms with Crippen LogP contribution in [-0.4, -0.2) is 36.1 Å². The first-order valence-electron chi connectivity index (χ1n) is 7.47. The van der Waals surface area contributed by atoms with Gasteiger partial charge < -0.3 is 15.7 Å². The van der Waals surface area contributed by atoms with Crippen LogP contribution in [0.5, 0.6) is 0 Å². The molecule has 5 nitrogen and oxygen atoms in total. The SMILES string of the molecule is CC(C)(C)C(CC(=O)O)NC(=O)C1CC12CCNCC2. The van der Waals surface area contributed by atoms with E-state index in [4.69, 9.17) is 5.11 Å². The molecule has 0 aromatic carbocycles. The molecule has 1 heterocycles. The van der Waals surface area contributed by atoms with E-state index in [1.54, 1.807) is 0 Å². The van der Waals surface area contributed by atoms with Crippen LogP contribution in [0.15, 0.2) is 0 Å². The smallest absolute Gasteiger partial charge is 0.305 e. The number of piperidine rings is 1. The van der Waals surface area contributed by atoms with Crippen LogP contribution in [0.4, 0.5) is 0 Å². The summed E-state index contributed by atoms with van der Waals surface area (Å²) in [4.78, 5) is 23.4. The van der Waals surface area contributed by atoms with Gasteiger partial charge >= 0.3 is 5.97 Å². The largest absolute Gasteiger partial charge is 0.481 e. The zero-order chi connectivity index (χ0) is 15.0. The predicted molar refractivity (Wildman–Crippen MR) is 76.3 cm³/mol. The molecule has 5 heteroatoms. The first-order valence-corrected chi connectivity index (χ1v) is 7.47. The van der Waals surface area contributed by atoms with Crippen molar-refractivity contribution in [2.24, 2.45) is 16.7 Å². The van der Waals surface area contributed by atoms with Gasteiger partial charge in [0.05, 0.1) is 6.42 Å². The van der Waals surface area contributed by atoms with E-state index in [-0.39, 0.29) is 35.1 Å². The highest BCUT2D eigenvalue weighted by molar-refractivity contribution is 5.83. The molecule has 1 saturated heterocycles. The van der Waals surface area contributed by atoms with Crippen molar-refractivity contribution in [3.05, 3.63) is 0 Å². The van der Waals surface area contributed by atoms with Gasteiger partial charge in [-0.2, -0.15) is 0 Å². The summed E-state index contributed by atoms with van der Waals surface area (Å²) in [6, 6.07) is -0.313. The zero-order valence-electron chi connectivity index (χ0n) is 12.7. The fourth-order valence-corrected chi connectivity index (χ4v) is 3.22. The maximum atomic E-state index is 12.4. The second kappa shape index (κ2) is 5.35. The van der Waals surface area contributed by atoms with E-state index in [0.717, 1.165) is 32.4 Å². The lowest BCUT2D eigenvalue weighted by Gasteiger charge is -2.31. The number of rotatable bonds is 4. The van der Waals surface area contributed by atoms with Gasteiger partial charge in [0.2, 0.25) is 5.91 Å². The molecule has 0 aromatic rings. The maximum absolute atomic E-state index is 12.4. The van der Waals surface area contributed by atoms with Crippen molar-refractivity contribution in [2.45, 2.75) is 52.5 Å². The number of nitrogens with one attached hydrogen (secondary N) is 2. The quantitative estimate of drug-likeness (QED) is 0.728. The van der Waals surface area contributed by atoms with Crippen molar-refractivity contribution < 1.29 is 14.7 Å². The maximum Gasteiger partial charge on any atom is 0.305 e. The van der Waals surface area contributed by atoms with Crippen LogP contribution in [0.2, 0.25) is 0 Å². The van der Waals surface area contributed by atoms with Gasteiger partial charge in [-0.1, -0.05) is 20.8 Å². The second-order valence-corrected chi connectivity index (χ2v) is 7.39. The minimum absolute atomic E-state index is 0.0173. The molecule has 1 aliphatic heterocycles. The van der Waals surface area contributed by atoms with Crippen molar-refractivity contribution in [1.82, 2.24) is 10.6 Å². The third-order valence-corrected chi connectivity index (χ3v) is 4.85. The Morgan fingerprint density at radius 1 is 1.35 bits per heavy atom. The molecule has 1 spiro atoms. The number of carboxylic acids is 1. The van der Waals surface area contributed by atoms with Crippen LogP contribution in [0.3, 0.4) is 0 Å². The lowest BCUT2D eigenvalue weighted by Crippen LogP contribution is -2.46. The normalized spacial score (nSPS) is 26.1. The van der Waals surface area contributed by atoms with E-state index in [2.05, 4.69) is 10.6 Å². The highest BCUT2D eigenvalue weighted by Gasteiger charge is 2.57. The molecular weight excluding hydrogens is 256 g/mol. The summed E-state index contributed by atoms with van der Waals surface area (Å²) in [5.74, 6) is -0.728. The van der Waals surface area contributed by atoms with Gasteiger partial charge in [0.15, 0.2) is 0 Å². The lowest BCUT2D eigenvalue weighted by atomic mass is 9.84. The van der Waals surface area contributed by atoms with E-state index >= 15 is 0 Å². The number of carboxylic acid groups (broad SMARTS) is 1. The molecule has 2 unspecified atom stereocenters. The number of carbonyl (C=O) groups excluding carboxylic acids is 1. The molecule has 0 bridgehead atoms. The molecule has 2 rings (SSSR count). The van der Waals surface area contributed by atoms with E-state index in [9.17, 15) is 9.59 Å². The summed E-state index contributed by atoms with van der Waals surface area (Å²) in [5.41, 5.74) is -0.0504. The molecule has 20 heavy (non-hydrogen) atoms. The molecule has 114 valence electrons. The van der Waals surface area contributed by atoms with Gasteiger partial charge in [-0.15, -0.1) is 0 Å². The second-order valence-electron chi connectivity index (χ2n) is 7.39. The highest BCUT2D eigenvalue weighted by Crippen LogP contribution is 2.58. The molecule has 2 fully saturated rings. The lowest BCUT2D eigenvalue weighted by molar-refractivity contribution is -0.138. The van der Waals surface area contributed by atoms with Crippen LogP contribution < -0.4 is 10.6 Å². The molecule has 2 atom stereocenters. The van der Waals surface area contributed by atoms with Crippen molar-refractivity contribution >= 4 is 11.9 Å². The third-order valence-electron chi connectivity index (χ3n) is 4.85. The summed E-state index contributed by atoms with van der Waals surface area (Å²) in [5, 5.41) is 15.3. The van der Waals surface area contributed by atoms with Crippen LogP contribution in [0.25, 0.3) is 0 Å². The first kappa shape index (κ1) is 15.3. The average molecular weight is 282 g/mol. The Labute approximate surface area is 120 Å². The molecule has 3 N–H and O–H groups in total. The fraction of sp³-hybridized carbons (Fsp3) is 0.867. The summed E-state index contributed by atoms with van der Waals surface area (Å²) < 4.78 is 0. The molecular formula is C15H26N2O3. The van der Waals surface area contributed by atoms with Gasteiger partial charge in [-0.05, 0) is 43.2 Å². The number of aliphatic carboxylic acids is 1. The monoisotopic (exact) mass is 282 g/mol.